The number of rotatable bonds is 6. The Labute approximate surface area is 129 Å². The van der Waals surface area contributed by atoms with E-state index < -0.39 is 0 Å². The normalized spacial score (nSPS) is 11.8. The molecule has 6 heteroatoms. The lowest BCUT2D eigenvalue weighted by Crippen LogP contribution is -2.28. The van der Waals surface area contributed by atoms with E-state index >= 15 is 0 Å². The molecule has 22 heavy (non-hydrogen) atoms. The number of aromatic nitrogens is 3. The molecule has 0 aliphatic heterocycles. The number of benzene rings is 1. The Kier molecular flexibility index (Phi) is 4.93. The van der Waals surface area contributed by atoms with Crippen molar-refractivity contribution in [1.82, 2.24) is 20.1 Å². The number of hydrogen-bond donors (Lipinski definition) is 1. The van der Waals surface area contributed by atoms with Crippen LogP contribution >= 0.6 is 0 Å². The Hall–Kier alpha value is -2.63. The highest BCUT2D eigenvalue weighted by Crippen LogP contribution is 2.15. The summed E-state index contributed by atoms with van der Waals surface area (Å²) < 4.78 is 7.32. The zero-order valence-electron chi connectivity index (χ0n) is 13.0. The van der Waals surface area contributed by atoms with E-state index in [-0.39, 0.29) is 11.9 Å². The summed E-state index contributed by atoms with van der Waals surface area (Å²) in [6.45, 7) is 7.97. The maximum atomic E-state index is 12.3. The molecular weight excluding hydrogens is 280 g/mol. The number of hydrogen-bond acceptors (Lipinski definition) is 4. The van der Waals surface area contributed by atoms with Crippen LogP contribution in [0.3, 0.4) is 0 Å². The minimum atomic E-state index is -0.236. The van der Waals surface area contributed by atoms with Crippen LogP contribution in [0.1, 0.15) is 36.1 Å². The summed E-state index contributed by atoms with van der Waals surface area (Å²) >= 11 is 0. The summed E-state index contributed by atoms with van der Waals surface area (Å²) in [5, 5.41) is 10.7. The number of amides is 1. The van der Waals surface area contributed by atoms with Gasteiger partial charge in [-0.1, -0.05) is 12.6 Å². The van der Waals surface area contributed by atoms with Gasteiger partial charge in [0.1, 0.15) is 18.7 Å². The first-order valence-corrected chi connectivity index (χ1v) is 6.99. The summed E-state index contributed by atoms with van der Waals surface area (Å²) in [7, 11) is 1.84. The number of carbonyl (C=O) groups excluding carboxylic acids is 1. The first kappa shape index (κ1) is 15.8. The van der Waals surface area contributed by atoms with Gasteiger partial charge >= 0.3 is 0 Å². The van der Waals surface area contributed by atoms with Gasteiger partial charge in [-0.15, -0.1) is 10.2 Å². The SMILES string of the molecule is C=C(C)COc1cccc(C(=O)NC(C)c2nncn2C)c1. The zero-order chi connectivity index (χ0) is 16.1. The molecule has 0 saturated carbocycles. The van der Waals surface area contributed by atoms with Crippen molar-refractivity contribution in [3.63, 3.8) is 0 Å². The Morgan fingerprint density at radius 3 is 2.91 bits per heavy atom. The van der Waals surface area contributed by atoms with E-state index in [0.29, 0.717) is 23.7 Å². The molecule has 1 atom stereocenters. The summed E-state index contributed by atoms with van der Waals surface area (Å²) in [6.07, 6.45) is 1.60. The highest BCUT2D eigenvalue weighted by Gasteiger charge is 2.15. The van der Waals surface area contributed by atoms with Crippen LogP contribution in [-0.4, -0.2) is 27.3 Å². The van der Waals surface area contributed by atoms with Crippen molar-refractivity contribution in [2.75, 3.05) is 6.61 Å². The van der Waals surface area contributed by atoms with E-state index in [1.54, 1.807) is 29.1 Å². The van der Waals surface area contributed by atoms with Gasteiger partial charge in [0.15, 0.2) is 5.82 Å². The van der Waals surface area contributed by atoms with Crippen molar-refractivity contribution in [1.29, 1.82) is 0 Å². The van der Waals surface area contributed by atoms with E-state index in [1.807, 2.05) is 27.0 Å². The fourth-order valence-electron chi connectivity index (χ4n) is 1.96. The van der Waals surface area contributed by atoms with E-state index in [2.05, 4.69) is 22.1 Å². The van der Waals surface area contributed by atoms with Gasteiger partial charge < -0.3 is 14.6 Å². The number of nitrogens with one attached hydrogen (secondary N) is 1. The van der Waals surface area contributed by atoms with E-state index in [1.165, 1.54) is 0 Å². The first-order valence-electron chi connectivity index (χ1n) is 6.99. The molecule has 0 aliphatic carbocycles. The lowest BCUT2D eigenvalue weighted by Gasteiger charge is -2.13. The van der Waals surface area contributed by atoms with Crippen LogP contribution in [0.5, 0.6) is 5.75 Å². The van der Waals surface area contributed by atoms with E-state index in [9.17, 15) is 4.79 Å². The molecule has 1 heterocycles. The lowest BCUT2D eigenvalue weighted by molar-refractivity contribution is 0.0937. The molecule has 0 spiro atoms. The molecule has 0 bridgehead atoms. The molecule has 2 rings (SSSR count). The van der Waals surface area contributed by atoms with Crippen LogP contribution in [0.15, 0.2) is 42.7 Å². The third kappa shape index (κ3) is 3.94. The molecule has 1 amide bonds. The maximum absolute atomic E-state index is 12.3. The van der Waals surface area contributed by atoms with E-state index in [0.717, 1.165) is 5.57 Å². The Morgan fingerprint density at radius 2 is 2.27 bits per heavy atom. The molecule has 0 radical (unpaired) electrons. The molecule has 1 aromatic carbocycles. The minimum Gasteiger partial charge on any atom is -0.489 e. The molecule has 2 aromatic rings. The van der Waals surface area contributed by atoms with Crippen molar-refractivity contribution >= 4 is 5.91 Å². The number of ether oxygens (including phenoxy) is 1. The zero-order valence-corrected chi connectivity index (χ0v) is 13.0. The standard InChI is InChI=1S/C16H20N4O2/c1-11(2)9-22-14-7-5-6-13(8-14)16(21)18-12(3)15-19-17-10-20(15)4/h5-8,10,12H,1,9H2,2-4H3,(H,18,21). The van der Waals surface area contributed by atoms with Gasteiger partial charge in [-0.25, -0.2) is 0 Å². The molecule has 1 aromatic heterocycles. The second kappa shape index (κ2) is 6.89. The summed E-state index contributed by atoms with van der Waals surface area (Å²) in [4.78, 5) is 12.3. The Morgan fingerprint density at radius 1 is 1.50 bits per heavy atom. The Balaban J connectivity index is 2.04. The Bertz CT molecular complexity index is 678. The van der Waals surface area contributed by atoms with Crippen LogP contribution in [0.2, 0.25) is 0 Å². The molecule has 0 aliphatic rings. The molecular formula is C16H20N4O2. The van der Waals surface area contributed by atoms with Crippen LogP contribution in [0.4, 0.5) is 0 Å². The van der Waals surface area contributed by atoms with Crippen molar-refractivity contribution < 1.29 is 9.53 Å². The second-order valence-corrected chi connectivity index (χ2v) is 5.27. The predicted octanol–water partition coefficient (Wildman–Crippen LogP) is 2.26. The van der Waals surface area contributed by atoms with Crippen LogP contribution in [0.25, 0.3) is 0 Å². The monoisotopic (exact) mass is 300 g/mol. The average molecular weight is 300 g/mol. The lowest BCUT2D eigenvalue weighted by atomic mass is 10.2. The summed E-state index contributed by atoms with van der Waals surface area (Å²) in [5.74, 6) is 1.15. The highest BCUT2D eigenvalue weighted by atomic mass is 16.5. The van der Waals surface area contributed by atoms with Crippen molar-refractivity contribution in [2.24, 2.45) is 7.05 Å². The topological polar surface area (TPSA) is 69.0 Å². The van der Waals surface area contributed by atoms with Crippen molar-refractivity contribution in [3.8, 4) is 5.75 Å². The predicted molar refractivity (Wildman–Crippen MR) is 83.6 cm³/mol. The average Bonchev–Trinajstić information content (AvgIpc) is 2.91. The quantitative estimate of drug-likeness (QED) is 0.831. The second-order valence-electron chi connectivity index (χ2n) is 5.27. The largest absolute Gasteiger partial charge is 0.489 e. The maximum Gasteiger partial charge on any atom is 0.251 e. The van der Waals surface area contributed by atoms with Crippen molar-refractivity contribution in [3.05, 3.63) is 54.1 Å². The molecule has 116 valence electrons. The van der Waals surface area contributed by atoms with Gasteiger partial charge in [0.2, 0.25) is 0 Å². The number of nitrogens with zero attached hydrogens (tertiary/aromatic N) is 3. The van der Waals surface area contributed by atoms with Gasteiger partial charge in [0, 0.05) is 12.6 Å². The summed E-state index contributed by atoms with van der Waals surface area (Å²) in [6, 6.07) is 6.81. The molecule has 6 nitrogen and oxygen atoms in total. The fraction of sp³-hybridized carbons (Fsp3) is 0.312. The van der Waals surface area contributed by atoms with Crippen molar-refractivity contribution in [2.45, 2.75) is 19.9 Å². The molecule has 0 fully saturated rings. The van der Waals surface area contributed by atoms with Crippen LogP contribution in [-0.2, 0) is 7.05 Å². The molecule has 0 saturated heterocycles. The third-order valence-corrected chi connectivity index (χ3v) is 3.06. The van der Waals surface area contributed by atoms with Crippen LogP contribution in [0, 0.1) is 0 Å². The van der Waals surface area contributed by atoms with Gasteiger partial charge in [-0.2, -0.15) is 0 Å². The van der Waals surface area contributed by atoms with Gasteiger partial charge in [-0.05, 0) is 37.6 Å². The van der Waals surface area contributed by atoms with Crippen LogP contribution < -0.4 is 10.1 Å². The molecule has 1 unspecified atom stereocenters. The van der Waals surface area contributed by atoms with E-state index in [4.69, 9.17) is 4.74 Å². The fourth-order valence-corrected chi connectivity index (χ4v) is 1.96. The van der Waals surface area contributed by atoms with Gasteiger partial charge in [0.05, 0.1) is 6.04 Å². The molecule has 1 N–H and O–H groups in total. The van der Waals surface area contributed by atoms with Gasteiger partial charge in [-0.3, -0.25) is 4.79 Å². The summed E-state index contributed by atoms with van der Waals surface area (Å²) in [5.41, 5.74) is 1.46. The number of carbonyl (C=O) groups is 1. The number of aryl methyl sites for hydroxylation is 1. The third-order valence-electron chi connectivity index (χ3n) is 3.06. The smallest absolute Gasteiger partial charge is 0.251 e. The first-order chi connectivity index (χ1) is 10.5. The highest BCUT2D eigenvalue weighted by molar-refractivity contribution is 5.94. The minimum absolute atomic E-state index is 0.184. The van der Waals surface area contributed by atoms with Gasteiger partial charge in [0.25, 0.3) is 5.91 Å².